The minimum Gasteiger partial charge on any atom is -0.299 e. The lowest BCUT2D eigenvalue weighted by Crippen LogP contribution is -2.10. The fraction of sp³-hybridized carbons (Fsp3) is 0.364. The molecule has 72 valence electrons. The standard InChI is InChI=1S/C11H11NO2/c13-10(8-4-5-8)7-11(14)9-3-1-2-6-12-9/h1-3,6,8H,4-5,7H2. The Kier molecular flexibility index (Phi) is 2.39. The molecule has 1 heterocycles. The molecule has 0 amide bonds. The second-order valence-electron chi connectivity index (χ2n) is 3.56. The first kappa shape index (κ1) is 9.06. The molecule has 0 unspecified atom stereocenters. The SMILES string of the molecule is O=C(CC(=O)C1CC1)c1ccccn1. The summed E-state index contributed by atoms with van der Waals surface area (Å²) in [4.78, 5) is 26.8. The molecule has 1 saturated carbocycles. The Balaban J connectivity index is 1.98. The van der Waals surface area contributed by atoms with Gasteiger partial charge in [-0.15, -0.1) is 0 Å². The molecule has 3 heteroatoms. The molecule has 0 radical (unpaired) electrons. The van der Waals surface area contributed by atoms with E-state index < -0.39 is 0 Å². The first-order chi connectivity index (χ1) is 6.77. The summed E-state index contributed by atoms with van der Waals surface area (Å²) in [5, 5.41) is 0. The number of carbonyl (C=O) groups is 2. The molecule has 1 aliphatic carbocycles. The summed E-state index contributed by atoms with van der Waals surface area (Å²) in [6.45, 7) is 0. The minimum atomic E-state index is -0.164. The van der Waals surface area contributed by atoms with Gasteiger partial charge >= 0.3 is 0 Å². The van der Waals surface area contributed by atoms with Gasteiger partial charge in [0.05, 0.1) is 6.42 Å². The van der Waals surface area contributed by atoms with Crippen LogP contribution >= 0.6 is 0 Å². The van der Waals surface area contributed by atoms with Gasteiger partial charge in [-0.2, -0.15) is 0 Å². The molecule has 1 aromatic heterocycles. The van der Waals surface area contributed by atoms with Crippen LogP contribution in [0.5, 0.6) is 0 Å². The van der Waals surface area contributed by atoms with Crippen LogP contribution in [-0.4, -0.2) is 16.6 Å². The zero-order valence-electron chi connectivity index (χ0n) is 7.77. The quantitative estimate of drug-likeness (QED) is 0.534. The van der Waals surface area contributed by atoms with Crippen LogP contribution in [0.2, 0.25) is 0 Å². The molecule has 1 aromatic rings. The highest BCUT2D eigenvalue weighted by Gasteiger charge is 2.30. The highest BCUT2D eigenvalue weighted by atomic mass is 16.1. The summed E-state index contributed by atoms with van der Waals surface area (Å²) in [5.74, 6) is 0.0609. The molecule has 0 N–H and O–H groups in total. The van der Waals surface area contributed by atoms with Gasteiger partial charge in [0.2, 0.25) is 0 Å². The molecule has 0 bridgehead atoms. The van der Waals surface area contributed by atoms with Crippen LogP contribution in [-0.2, 0) is 4.79 Å². The van der Waals surface area contributed by atoms with Crippen molar-refractivity contribution in [3.63, 3.8) is 0 Å². The molecule has 1 fully saturated rings. The molecule has 0 saturated heterocycles. The molecular formula is C11H11NO2. The van der Waals surface area contributed by atoms with Gasteiger partial charge in [-0.1, -0.05) is 6.07 Å². The molecule has 0 atom stereocenters. The number of hydrogen-bond donors (Lipinski definition) is 0. The van der Waals surface area contributed by atoms with E-state index in [2.05, 4.69) is 4.98 Å². The lowest BCUT2D eigenvalue weighted by Gasteiger charge is -1.97. The number of hydrogen-bond acceptors (Lipinski definition) is 3. The second-order valence-corrected chi connectivity index (χ2v) is 3.56. The van der Waals surface area contributed by atoms with E-state index in [0.29, 0.717) is 5.69 Å². The summed E-state index contributed by atoms with van der Waals surface area (Å²) < 4.78 is 0. The van der Waals surface area contributed by atoms with Crippen molar-refractivity contribution in [3.8, 4) is 0 Å². The topological polar surface area (TPSA) is 47.0 Å². The number of ketones is 2. The number of pyridine rings is 1. The minimum absolute atomic E-state index is 0.0156. The Bertz CT molecular complexity index is 355. The van der Waals surface area contributed by atoms with Gasteiger partial charge in [-0.3, -0.25) is 14.6 Å². The highest BCUT2D eigenvalue weighted by molar-refractivity contribution is 6.08. The van der Waals surface area contributed by atoms with Crippen molar-refractivity contribution in [2.24, 2.45) is 5.92 Å². The van der Waals surface area contributed by atoms with E-state index in [0.717, 1.165) is 12.8 Å². The van der Waals surface area contributed by atoms with Crippen molar-refractivity contribution in [3.05, 3.63) is 30.1 Å². The van der Waals surface area contributed by atoms with Gasteiger partial charge in [0.1, 0.15) is 11.5 Å². The van der Waals surface area contributed by atoms with Gasteiger partial charge in [0.25, 0.3) is 0 Å². The van der Waals surface area contributed by atoms with Gasteiger partial charge in [0, 0.05) is 12.1 Å². The summed E-state index contributed by atoms with van der Waals surface area (Å²) in [6.07, 6.45) is 3.49. The lowest BCUT2D eigenvalue weighted by atomic mass is 10.1. The van der Waals surface area contributed by atoms with E-state index in [-0.39, 0.29) is 23.9 Å². The first-order valence-electron chi connectivity index (χ1n) is 4.74. The van der Waals surface area contributed by atoms with Crippen LogP contribution in [0, 0.1) is 5.92 Å². The summed E-state index contributed by atoms with van der Waals surface area (Å²) in [6, 6.07) is 5.14. The molecule has 1 aliphatic rings. The third-order valence-electron chi connectivity index (χ3n) is 2.32. The monoisotopic (exact) mass is 189 g/mol. The predicted molar refractivity (Wildman–Crippen MR) is 50.9 cm³/mol. The normalized spacial score (nSPS) is 15.1. The van der Waals surface area contributed by atoms with Crippen molar-refractivity contribution in [2.75, 3.05) is 0 Å². The fourth-order valence-corrected chi connectivity index (χ4v) is 1.33. The average Bonchev–Trinajstić information content (AvgIpc) is 3.02. The van der Waals surface area contributed by atoms with E-state index in [1.165, 1.54) is 0 Å². The number of Topliss-reactive ketones (excluding diaryl/α,β-unsaturated/α-hetero) is 2. The van der Waals surface area contributed by atoms with Crippen molar-refractivity contribution in [1.29, 1.82) is 0 Å². The molecular weight excluding hydrogens is 178 g/mol. The maximum atomic E-state index is 11.5. The number of rotatable bonds is 4. The second kappa shape index (κ2) is 3.70. The van der Waals surface area contributed by atoms with Crippen molar-refractivity contribution < 1.29 is 9.59 Å². The Labute approximate surface area is 82.2 Å². The van der Waals surface area contributed by atoms with Crippen LogP contribution in [0.15, 0.2) is 24.4 Å². The largest absolute Gasteiger partial charge is 0.299 e. The van der Waals surface area contributed by atoms with Gasteiger partial charge in [0.15, 0.2) is 5.78 Å². The smallest absolute Gasteiger partial charge is 0.188 e. The Morgan fingerprint density at radius 3 is 2.71 bits per heavy atom. The summed E-state index contributed by atoms with van der Waals surface area (Å²) in [7, 11) is 0. The third-order valence-corrected chi connectivity index (χ3v) is 2.32. The maximum Gasteiger partial charge on any atom is 0.188 e. The molecule has 3 nitrogen and oxygen atoms in total. The van der Waals surface area contributed by atoms with E-state index >= 15 is 0 Å². The van der Waals surface area contributed by atoms with E-state index in [4.69, 9.17) is 0 Å². The van der Waals surface area contributed by atoms with Crippen LogP contribution in [0.4, 0.5) is 0 Å². The van der Waals surface area contributed by atoms with E-state index in [9.17, 15) is 9.59 Å². The van der Waals surface area contributed by atoms with Crippen LogP contribution in [0.3, 0.4) is 0 Å². The van der Waals surface area contributed by atoms with E-state index in [1.54, 1.807) is 24.4 Å². The van der Waals surface area contributed by atoms with Crippen molar-refractivity contribution in [1.82, 2.24) is 4.98 Å². The predicted octanol–water partition coefficient (Wildman–Crippen LogP) is 1.63. The fourth-order valence-electron chi connectivity index (χ4n) is 1.33. The molecule has 2 rings (SSSR count). The molecule has 14 heavy (non-hydrogen) atoms. The van der Waals surface area contributed by atoms with Gasteiger partial charge in [-0.25, -0.2) is 0 Å². The van der Waals surface area contributed by atoms with Crippen LogP contribution in [0.1, 0.15) is 29.8 Å². The van der Waals surface area contributed by atoms with Crippen molar-refractivity contribution >= 4 is 11.6 Å². The lowest BCUT2D eigenvalue weighted by molar-refractivity contribution is -0.119. The average molecular weight is 189 g/mol. The Morgan fingerprint density at radius 2 is 2.14 bits per heavy atom. The maximum absolute atomic E-state index is 11.5. The third kappa shape index (κ3) is 2.05. The van der Waals surface area contributed by atoms with Crippen LogP contribution < -0.4 is 0 Å². The number of nitrogens with zero attached hydrogens (tertiary/aromatic N) is 1. The highest BCUT2D eigenvalue weighted by Crippen LogP contribution is 2.31. The van der Waals surface area contributed by atoms with E-state index in [1.807, 2.05) is 0 Å². The molecule has 0 spiro atoms. The zero-order chi connectivity index (χ0) is 9.97. The zero-order valence-corrected chi connectivity index (χ0v) is 7.77. The molecule has 0 aromatic carbocycles. The van der Waals surface area contributed by atoms with Gasteiger partial charge < -0.3 is 0 Å². The number of carbonyl (C=O) groups excluding carboxylic acids is 2. The first-order valence-corrected chi connectivity index (χ1v) is 4.74. The van der Waals surface area contributed by atoms with Gasteiger partial charge in [-0.05, 0) is 25.0 Å². The van der Waals surface area contributed by atoms with Crippen LogP contribution in [0.25, 0.3) is 0 Å². The van der Waals surface area contributed by atoms with Crippen molar-refractivity contribution in [2.45, 2.75) is 19.3 Å². The molecule has 0 aliphatic heterocycles. The summed E-state index contributed by atoms with van der Waals surface area (Å²) >= 11 is 0. The Morgan fingerprint density at radius 1 is 1.36 bits per heavy atom. The Hall–Kier alpha value is -1.51. The summed E-state index contributed by atoms with van der Waals surface area (Å²) in [5.41, 5.74) is 0.390. The number of aromatic nitrogens is 1.